The molecule has 0 saturated heterocycles. The number of ether oxygens (including phenoxy) is 1. The molecule has 0 atom stereocenters. The topological polar surface area (TPSA) is 59.4 Å². The minimum atomic E-state index is -1.01. The molecule has 2 aromatic rings. The first kappa shape index (κ1) is 11.9. The first-order valence-electron chi connectivity index (χ1n) is 4.70. The molecule has 17 heavy (non-hydrogen) atoms. The maximum absolute atomic E-state index is 10.7. The molecule has 0 unspecified atom stereocenters. The van der Waals surface area contributed by atoms with Crippen LogP contribution in [0.4, 0.5) is 0 Å². The van der Waals surface area contributed by atoms with Gasteiger partial charge < -0.3 is 9.84 Å². The number of hydrogen-bond donors (Lipinski definition) is 1. The first-order valence-corrected chi connectivity index (χ1v) is 5.95. The van der Waals surface area contributed by atoms with Crippen LogP contribution in [0.25, 0.3) is 0 Å². The highest BCUT2D eigenvalue weighted by Crippen LogP contribution is 2.26. The summed E-state index contributed by atoms with van der Waals surface area (Å²) in [6, 6.07) is 4.37. The average molecular weight is 270 g/mol. The van der Waals surface area contributed by atoms with E-state index in [1.165, 1.54) is 23.5 Å². The Labute approximate surface area is 106 Å². The summed E-state index contributed by atoms with van der Waals surface area (Å²) < 4.78 is 5.46. The third-order valence-electron chi connectivity index (χ3n) is 2.03. The number of carboxylic acid groups (broad SMARTS) is 1. The van der Waals surface area contributed by atoms with E-state index in [0.717, 1.165) is 4.88 Å². The third kappa shape index (κ3) is 2.95. The Bertz CT molecular complexity index is 528. The van der Waals surface area contributed by atoms with Gasteiger partial charge in [-0.15, -0.1) is 11.3 Å². The molecule has 0 bridgehead atoms. The number of carboxylic acids is 1. The standard InChI is InChI=1S/C11H8ClNO3S/c12-9-3-7(11(14)15)1-2-10(9)16-5-8-4-13-6-17-8/h1-4,6H,5H2,(H,14,15). The van der Waals surface area contributed by atoms with Gasteiger partial charge in [0.05, 0.1) is 21.0 Å². The number of benzene rings is 1. The first-order chi connectivity index (χ1) is 8.16. The molecule has 0 saturated carbocycles. The lowest BCUT2D eigenvalue weighted by atomic mass is 10.2. The number of thiazole rings is 1. The molecule has 6 heteroatoms. The maximum atomic E-state index is 10.7. The van der Waals surface area contributed by atoms with Gasteiger partial charge in [-0.25, -0.2) is 4.79 Å². The molecule has 0 radical (unpaired) electrons. The fourth-order valence-electron chi connectivity index (χ4n) is 1.21. The third-order valence-corrected chi connectivity index (χ3v) is 3.08. The second-order valence-corrected chi connectivity index (χ2v) is 4.58. The largest absolute Gasteiger partial charge is 0.486 e. The quantitative estimate of drug-likeness (QED) is 0.927. The number of carbonyl (C=O) groups is 1. The van der Waals surface area contributed by atoms with Crippen LogP contribution in [0.1, 0.15) is 15.2 Å². The van der Waals surface area contributed by atoms with Crippen molar-refractivity contribution in [1.82, 2.24) is 4.98 Å². The van der Waals surface area contributed by atoms with Crippen LogP contribution >= 0.6 is 22.9 Å². The zero-order valence-electron chi connectivity index (χ0n) is 8.59. The van der Waals surface area contributed by atoms with Crippen LogP contribution in [0.2, 0.25) is 5.02 Å². The van der Waals surface area contributed by atoms with E-state index >= 15 is 0 Å². The summed E-state index contributed by atoms with van der Waals surface area (Å²) in [6.45, 7) is 0.372. The molecule has 1 heterocycles. The summed E-state index contributed by atoms with van der Waals surface area (Å²) in [4.78, 5) is 15.6. The molecular weight excluding hydrogens is 262 g/mol. The fourth-order valence-corrected chi connectivity index (χ4v) is 1.95. The van der Waals surface area contributed by atoms with Gasteiger partial charge in [-0.1, -0.05) is 11.6 Å². The van der Waals surface area contributed by atoms with Crippen molar-refractivity contribution in [2.75, 3.05) is 0 Å². The van der Waals surface area contributed by atoms with Gasteiger partial charge in [0.1, 0.15) is 12.4 Å². The molecule has 0 spiro atoms. The molecule has 1 aromatic carbocycles. The summed E-state index contributed by atoms with van der Waals surface area (Å²) in [5.74, 6) is -0.550. The molecule has 1 aromatic heterocycles. The van der Waals surface area contributed by atoms with E-state index in [-0.39, 0.29) is 10.6 Å². The van der Waals surface area contributed by atoms with Crippen LogP contribution in [-0.4, -0.2) is 16.1 Å². The van der Waals surface area contributed by atoms with Gasteiger partial charge in [-0.05, 0) is 18.2 Å². The van der Waals surface area contributed by atoms with Gasteiger partial charge in [-0.2, -0.15) is 0 Å². The molecule has 0 aliphatic rings. The lowest BCUT2D eigenvalue weighted by molar-refractivity contribution is 0.0697. The number of nitrogens with zero attached hydrogens (tertiary/aromatic N) is 1. The molecule has 88 valence electrons. The van der Waals surface area contributed by atoms with Crippen LogP contribution in [0.15, 0.2) is 29.9 Å². The normalized spacial score (nSPS) is 10.2. The van der Waals surface area contributed by atoms with Crippen molar-refractivity contribution in [3.05, 3.63) is 45.4 Å². The number of rotatable bonds is 4. The number of aromatic nitrogens is 1. The fraction of sp³-hybridized carbons (Fsp3) is 0.0909. The predicted molar refractivity (Wildman–Crippen MR) is 64.9 cm³/mol. The smallest absolute Gasteiger partial charge is 0.335 e. The second-order valence-electron chi connectivity index (χ2n) is 3.21. The summed E-state index contributed by atoms with van der Waals surface area (Å²) >= 11 is 7.40. The van der Waals surface area contributed by atoms with Crippen molar-refractivity contribution in [3.63, 3.8) is 0 Å². The molecule has 2 rings (SSSR count). The molecule has 4 nitrogen and oxygen atoms in total. The van der Waals surface area contributed by atoms with E-state index in [0.29, 0.717) is 12.4 Å². The zero-order valence-corrected chi connectivity index (χ0v) is 10.2. The summed E-state index contributed by atoms with van der Waals surface area (Å²) in [6.07, 6.45) is 1.71. The highest BCUT2D eigenvalue weighted by molar-refractivity contribution is 7.09. The van der Waals surface area contributed by atoms with E-state index in [1.54, 1.807) is 17.8 Å². The van der Waals surface area contributed by atoms with Crippen LogP contribution in [-0.2, 0) is 6.61 Å². The van der Waals surface area contributed by atoms with E-state index in [4.69, 9.17) is 21.4 Å². The van der Waals surface area contributed by atoms with E-state index in [1.807, 2.05) is 0 Å². The predicted octanol–water partition coefficient (Wildman–Crippen LogP) is 3.07. The Balaban J connectivity index is 2.09. The minimum Gasteiger partial charge on any atom is -0.486 e. The Kier molecular flexibility index (Phi) is 3.61. The molecule has 0 aliphatic heterocycles. The van der Waals surface area contributed by atoms with Gasteiger partial charge >= 0.3 is 5.97 Å². The molecular formula is C11H8ClNO3S. The second kappa shape index (κ2) is 5.16. The van der Waals surface area contributed by atoms with Crippen molar-refractivity contribution in [2.45, 2.75) is 6.61 Å². The van der Waals surface area contributed by atoms with Crippen LogP contribution in [0.3, 0.4) is 0 Å². The molecule has 0 fully saturated rings. The number of aromatic carboxylic acids is 1. The summed E-state index contributed by atoms with van der Waals surface area (Å²) in [7, 11) is 0. The van der Waals surface area contributed by atoms with Crippen molar-refractivity contribution < 1.29 is 14.6 Å². The van der Waals surface area contributed by atoms with Crippen molar-refractivity contribution in [3.8, 4) is 5.75 Å². The average Bonchev–Trinajstić information content (AvgIpc) is 2.80. The highest BCUT2D eigenvalue weighted by Gasteiger charge is 2.08. The molecule has 1 N–H and O–H groups in total. The van der Waals surface area contributed by atoms with Crippen LogP contribution in [0.5, 0.6) is 5.75 Å². The number of hydrogen-bond acceptors (Lipinski definition) is 4. The van der Waals surface area contributed by atoms with Gasteiger partial charge in [-0.3, -0.25) is 4.98 Å². The van der Waals surface area contributed by atoms with E-state index in [9.17, 15) is 4.79 Å². The Hall–Kier alpha value is -1.59. The monoisotopic (exact) mass is 269 g/mol. The van der Waals surface area contributed by atoms with E-state index in [2.05, 4.69) is 4.98 Å². The minimum absolute atomic E-state index is 0.139. The van der Waals surface area contributed by atoms with Crippen LogP contribution in [0, 0.1) is 0 Å². The van der Waals surface area contributed by atoms with Crippen molar-refractivity contribution in [1.29, 1.82) is 0 Å². The van der Waals surface area contributed by atoms with Crippen molar-refractivity contribution in [2.24, 2.45) is 0 Å². The molecule has 0 aliphatic carbocycles. The van der Waals surface area contributed by atoms with Gasteiger partial charge in [0.2, 0.25) is 0 Å². The number of halogens is 1. The van der Waals surface area contributed by atoms with Gasteiger partial charge in [0.15, 0.2) is 0 Å². The van der Waals surface area contributed by atoms with E-state index < -0.39 is 5.97 Å². The van der Waals surface area contributed by atoms with Gasteiger partial charge in [0.25, 0.3) is 0 Å². The maximum Gasteiger partial charge on any atom is 0.335 e. The van der Waals surface area contributed by atoms with Gasteiger partial charge in [0, 0.05) is 6.20 Å². The van der Waals surface area contributed by atoms with Crippen molar-refractivity contribution >= 4 is 28.9 Å². The summed E-state index contributed by atoms with van der Waals surface area (Å²) in [5.41, 5.74) is 1.86. The van der Waals surface area contributed by atoms with Crippen LogP contribution < -0.4 is 4.74 Å². The SMILES string of the molecule is O=C(O)c1ccc(OCc2cncs2)c(Cl)c1. The Morgan fingerprint density at radius 3 is 2.94 bits per heavy atom. The highest BCUT2D eigenvalue weighted by atomic mass is 35.5. The Morgan fingerprint density at radius 1 is 1.53 bits per heavy atom. The lowest BCUT2D eigenvalue weighted by Crippen LogP contribution is -1.98. The lowest BCUT2D eigenvalue weighted by Gasteiger charge is -2.06. The summed E-state index contributed by atoms with van der Waals surface area (Å²) in [5, 5.41) is 9.06. The molecule has 0 amide bonds. The zero-order chi connectivity index (χ0) is 12.3. The Morgan fingerprint density at radius 2 is 2.35 bits per heavy atom.